The molecule has 0 saturated heterocycles. The fourth-order valence-corrected chi connectivity index (χ4v) is 2.84. The number of aromatic carboxylic acids is 1. The van der Waals surface area contributed by atoms with Gasteiger partial charge in [0, 0.05) is 5.92 Å². The molecular formula is C14H15F3O3. The lowest BCUT2D eigenvalue weighted by atomic mass is 9.79. The Hall–Kier alpha value is -1.56. The number of rotatable bonds is 3. The van der Waals surface area contributed by atoms with Gasteiger partial charge in [0.1, 0.15) is 0 Å². The first-order chi connectivity index (χ1) is 9.26. The van der Waals surface area contributed by atoms with Crippen LogP contribution in [0.4, 0.5) is 13.2 Å². The third kappa shape index (κ3) is 2.40. The first-order valence-electron chi connectivity index (χ1n) is 6.39. The van der Waals surface area contributed by atoms with E-state index < -0.39 is 23.7 Å². The standard InChI is InChI=1S/C14H15F3O3/c15-14(16,17)13(20,10-3-1-2-4-10)11-7-5-9(6-8-11)12(18)19/h5-8,10,20H,1-4H2,(H,18,19). The Morgan fingerprint density at radius 1 is 1.10 bits per heavy atom. The lowest BCUT2D eigenvalue weighted by molar-refractivity contribution is -0.286. The van der Waals surface area contributed by atoms with Crippen LogP contribution in [0.15, 0.2) is 24.3 Å². The largest absolute Gasteiger partial charge is 0.478 e. The maximum Gasteiger partial charge on any atom is 0.421 e. The van der Waals surface area contributed by atoms with Crippen LogP contribution in [-0.4, -0.2) is 22.4 Å². The average molecular weight is 288 g/mol. The van der Waals surface area contributed by atoms with Gasteiger partial charge in [-0.1, -0.05) is 25.0 Å². The molecule has 6 heteroatoms. The molecule has 1 fully saturated rings. The number of benzene rings is 1. The number of carboxylic acids is 1. The second kappa shape index (κ2) is 5.09. The van der Waals surface area contributed by atoms with Gasteiger partial charge in [-0.3, -0.25) is 0 Å². The van der Waals surface area contributed by atoms with Crippen LogP contribution in [0, 0.1) is 5.92 Å². The lowest BCUT2D eigenvalue weighted by Gasteiger charge is -2.36. The third-order valence-electron chi connectivity index (χ3n) is 3.95. The Bertz CT molecular complexity index is 489. The monoisotopic (exact) mass is 288 g/mol. The van der Waals surface area contributed by atoms with Crippen molar-refractivity contribution >= 4 is 5.97 Å². The van der Waals surface area contributed by atoms with E-state index in [9.17, 15) is 23.1 Å². The number of aliphatic hydroxyl groups is 1. The second-order valence-corrected chi connectivity index (χ2v) is 5.13. The maximum atomic E-state index is 13.3. The molecule has 0 aromatic heterocycles. The lowest BCUT2D eigenvalue weighted by Crippen LogP contribution is -2.47. The molecule has 1 aliphatic rings. The van der Waals surface area contributed by atoms with Crippen molar-refractivity contribution in [3.63, 3.8) is 0 Å². The van der Waals surface area contributed by atoms with Crippen molar-refractivity contribution in [2.24, 2.45) is 5.92 Å². The van der Waals surface area contributed by atoms with Gasteiger partial charge < -0.3 is 10.2 Å². The number of hydrogen-bond donors (Lipinski definition) is 2. The Balaban J connectivity index is 2.43. The van der Waals surface area contributed by atoms with Crippen molar-refractivity contribution < 1.29 is 28.2 Å². The van der Waals surface area contributed by atoms with E-state index in [2.05, 4.69) is 0 Å². The van der Waals surface area contributed by atoms with Gasteiger partial charge in [0.25, 0.3) is 0 Å². The van der Waals surface area contributed by atoms with Crippen molar-refractivity contribution in [1.82, 2.24) is 0 Å². The third-order valence-corrected chi connectivity index (χ3v) is 3.95. The van der Waals surface area contributed by atoms with E-state index in [1.54, 1.807) is 0 Å². The zero-order valence-corrected chi connectivity index (χ0v) is 10.7. The van der Waals surface area contributed by atoms with Crippen LogP contribution in [0.1, 0.15) is 41.6 Å². The highest BCUT2D eigenvalue weighted by Gasteiger charge is 2.59. The van der Waals surface area contributed by atoms with Gasteiger partial charge in [0.05, 0.1) is 5.56 Å². The summed E-state index contributed by atoms with van der Waals surface area (Å²) < 4.78 is 40.0. The SMILES string of the molecule is O=C(O)c1ccc(C(O)(C2CCCC2)C(F)(F)F)cc1. The molecular weight excluding hydrogens is 273 g/mol. The van der Waals surface area contributed by atoms with Crippen LogP contribution in [0.25, 0.3) is 0 Å². The molecule has 0 bridgehead atoms. The van der Waals surface area contributed by atoms with Gasteiger partial charge in [-0.05, 0) is 30.5 Å². The first kappa shape index (κ1) is 14.8. The Morgan fingerprint density at radius 3 is 2.00 bits per heavy atom. The molecule has 0 amide bonds. The quantitative estimate of drug-likeness (QED) is 0.897. The van der Waals surface area contributed by atoms with Gasteiger partial charge in [0.15, 0.2) is 5.60 Å². The number of halogens is 3. The predicted molar refractivity (Wildman–Crippen MR) is 65.3 cm³/mol. The van der Waals surface area contributed by atoms with E-state index in [-0.39, 0.29) is 11.1 Å². The molecule has 1 saturated carbocycles. The Morgan fingerprint density at radius 2 is 1.60 bits per heavy atom. The van der Waals surface area contributed by atoms with Gasteiger partial charge in [-0.15, -0.1) is 0 Å². The van der Waals surface area contributed by atoms with E-state index in [0.717, 1.165) is 24.3 Å². The molecule has 1 aromatic carbocycles. The van der Waals surface area contributed by atoms with E-state index >= 15 is 0 Å². The second-order valence-electron chi connectivity index (χ2n) is 5.13. The van der Waals surface area contributed by atoms with Crippen molar-refractivity contribution in [2.45, 2.75) is 37.5 Å². The summed E-state index contributed by atoms with van der Waals surface area (Å²) in [6, 6.07) is 4.27. The van der Waals surface area contributed by atoms with Gasteiger partial charge in [-0.2, -0.15) is 13.2 Å². The van der Waals surface area contributed by atoms with Crippen molar-refractivity contribution in [1.29, 1.82) is 0 Å². The molecule has 1 atom stereocenters. The molecule has 2 N–H and O–H groups in total. The molecule has 1 unspecified atom stereocenters. The zero-order chi connectivity index (χ0) is 15.0. The smallest absolute Gasteiger partial charge is 0.421 e. The molecule has 3 nitrogen and oxygen atoms in total. The number of carboxylic acid groups (broad SMARTS) is 1. The molecule has 0 spiro atoms. The fraction of sp³-hybridized carbons (Fsp3) is 0.500. The summed E-state index contributed by atoms with van der Waals surface area (Å²) in [5, 5.41) is 19.0. The van der Waals surface area contributed by atoms with E-state index in [1.807, 2.05) is 0 Å². The summed E-state index contributed by atoms with van der Waals surface area (Å²) in [4.78, 5) is 10.7. The molecule has 0 aliphatic heterocycles. The molecule has 0 radical (unpaired) electrons. The molecule has 0 heterocycles. The van der Waals surface area contributed by atoms with E-state index in [4.69, 9.17) is 5.11 Å². The summed E-state index contributed by atoms with van der Waals surface area (Å²) >= 11 is 0. The fourth-order valence-electron chi connectivity index (χ4n) is 2.84. The molecule has 2 rings (SSSR count). The summed E-state index contributed by atoms with van der Waals surface area (Å²) in [6.07, 6.45) is -2.83. The summed E-state index contributed by atoms with van der Waals surface area (Å²) in [5.41, 5.74) is -3.30. The van der Waals surface area contributed by atoms with E-state index in [0.29, 0.717) is 25.7 Å². The average Bonchev–Trinajstić information content (AvgIpc) is 2.90. The van der Waals surface area contributed by atoms with Crippen LogP contribution < -0.4 is 0 Å². The molecule has 1 aromatic rings. The number of alkyl halides is 3. The van der Waals surface area contributed by atoms with Crippen molar-refractivity contribution in [3.8, 4) is 0 Å². The van der Waals surface area contributed by atoms with Gasteiger partial charge >= 0.3 is 12.1 Å². The molecule has 110 valence electrons. The summed E-state index contributed by atoms with van der Waals surface area (Å²) in [5.74, 6) is -2.09. The van der Waals surface area contributed by atoms with Gasteiger partial charge in [-0.25, -0.2) is 4.79 Å². The first-order valence-corrected chi connectivity index (χ1v) is 6.39. The summed E-state index contributed by atoms with van der Waals surface area (Å²) in [6.45, 7) is 0. The van der Waals surface area contributed by atoms with Crippen LogP contribution in [-0.2, 0) is 5.60 Å². The van der Waals surface area contributed by atoms with Crippen LogP contribution in [0.2, 0.25) is 0 Å². The maximum absolute atomic E-state index is 13.3. The normalized spacial score (nSPS) is 19.8. The van der Waals surface area contributed by atoms with Crippen LogP contribution >= 0.6 is 0 Å². The van der Waals surface area contributed by atoms with Crippen molar-refractivity contribution in [3.05, 3.63) is 35.4 Å². The van der Waals surface area contributed by atoms with Crippen LogP contribution in [0.5, 0.6) is 0 Å². The minimum Gasteiger partial charge on any atom is -0.478 e. The highest BCUT2D eigenvalue weighted by molar-refractivity contribution is 5.87. The molecule has 20 heavy (non-hydrogen) atoms. The highest BCUT2D eigenvalue weighted by atomic mass is 19.4. The molecule has 1 aliphatic carbocycles. The van der Waals surface area contributed by atoms with Crippen LogP contribution in [0.3, 0.4) is 0 Å². The van der Waals surface area contributed by atoms with Gasteiger partial charge in [0.2, 0.25) is 0 Å². The van der Waals surface area contributed by atoms with E-state index in [1.165, 1.54) is 0 Å². The summed E-state index contributed by atoms with van der Waals surface area (Å²) in [7, 11) is 0. The minimum absolute atomic E-state index is 0.107. The predicted octanol–water partition coefficient (Wildman–Crippen LogP) is 3.32. The zero-order valence-electron chi connectivity index (χ0n) is 10.7. The number of hydrogen-bond acceptors (Lipinski definition) is 2. The number of carbonyl (C=O) groups is 1. The Labute approximate surface area is 114 Å². The minimum atomic E-state index is -4.78. The highest BCUT2D eigenvalue weighted by Crippen LogP contribution is 2.50. The topological polar surface area (TPSA) is 57.5 Å². The Kier molecular flexibility index (Phi) is 3.77. The van der Waals surface area contributed by atoms with Crippen molar-refractivity contribution in [2.75, 3.05) is 0 Å².